The van der Waals surface area contributed by atoms with Gasteiger partial charge in [0, 0.05) is 0 Å². The molecule has 0 spiro atoms. The van der Waals surface area contributed by atoms with Crippen LogP contribution >= 0.6 is 0 Å². The molecule has 1 saturated carbocycles. The summed E-state index contributed by atoms with van der Waals surface area (Å²) in [4.78, 5) is 10.7. The third-order valence-electron chi connectivity index (χ3n) is 3.17. The average Bonchev–Trinajstić information content (AvgIpc) is 2.98. The smallest absolute Gasteiger partial charge is 0.306 e. The number of carboxylic acid groups (broad SMARTS) is 1. The van der Waals surface area contributed by atoms with E-state index >= 15 is 0 Å². The first-order chi connectivity index (χ1) is 7.20. The van der Waals surface area contributed by atoms with Crippen LogP contribution in [0.25, 0.3) is 0 Å². The Morgan fingerprint density at radius 1 is 1.33 bits per heavy atom. The number of carboxylic acids is 1. The molecule has 15 heavy (non-hydrogen) atoms. The van der Waals surface area contributed by atoms with Gasteiger partial charge < -0.3 is 5.11 Å². The first-order valence-corrected chi connectivity index (χ1v) is 5.51. The van der Waals surface area contributed by atoms with E-state index in [1.54, 1.807) is 0 Å². The lowest BCUT2D eigenvalue weighted by Crippen LogP contribution is -2.01. The van der Waals surface area contributed by atoms with Gasteiger partial charge in [0.2, 0.25) is 0 Å². The summed E-state index contributed by atoms with van der Waals surface area (Å²) in [6.07, 6.45) is 2.83. The fourth-order valence-electron chi connectivity index (χ4n) is 1.99. The molecule has 2 heteroatoms. The van der Waals surface area contributed by atoms with E-state index in [0.717, 1.165) is 19.3 Å². The highest BCUT2D eigenvalue weighted by Gasteiger charge is 2.42. The summed E-state index contributed by atoms with van der Waals surface area (Å²) < 4.78 is 0. The molecule has 1 N–H and O–H groups in total. The Morgan fingerprint density at radius 3 is 2.40 bits per heavy atom. The molecule has 1 aromatic carbocycles. The molecule has 0 bridgehead atoms. The van der Waals surface area contributed by atoms with Crippen LogP contribution in [0.5, 0.6) is 0 Å². The minimum Gasteiger partial charge on any atom is -0.481 e. The van der Waals surface area contributed by atoms with Crippen molar-refractivity contribution in [3.63, 3.8) is 0 Å². The van der Waals surface area contributed by atoms with E-state index in [1.165, 1.54) is 11.1 Å². The van der Waals surface area contributed by atoms with E-state index in [-0.39, 0.29) is 5.92 Å². The number of hydrogen-bond donors (Lipinski definition) is 1. The number of rotatable bonds is 4. The van der Waals surface area contributed by atoms with Crippen molar-refractivity contribution in [2.24, 2.45) is 11.8 Å². The molecule has 0 radical (unpaired) electrons. The number of aliphatic carboxylic acids is 1. The van der Waals surface area contributed by atoms with Gasteiger partial charge in [-0.2, -0.15) is 0 Å². The minimum atomic E-state index is -0.634. The van der Waals surface area contributed by atoms with Crippen LogP contribution in [-0.2, 0) is 17.6 Å². The molecular formula is C13H16O2. The maximum absolute atomic E-state index is 10.7. The predicted molar refractivity (Wildman–Crippen MR) is 58.8 cm³/mol. The molecule has 2 atom stereocenters. The summed E-state index contributed by atoms with van der Waals surface area (Å²) in [6, 6.07) is 8.51. The van der Waals surface area contributed by atoms with Gasteiger partial charge >= 0.3 is 5.97 Å². The van der Waals surface area contributed by atoms with Crippen LogP contribution in [0, 0.1) is 11.8 Å². The van der Waals surface area contributed by atoms with Crippen LogP contribution < -0.4 is 0 Å². The maximum Gasteiger partial charge on any atom is 0.306 e. The van der Waals surface area contributed by atoms with Gasteiger partial charge in [-0.25, -0.2) is 0 Å². The van der Waals surface area contributed by atoms with E-state index in [1.807, 2.05) is 0 Å². The molecule has 0 aliphatic heterocycles. The molecule has 0 heterocycles. The van der Waals surface area contributed by atoms with Gasteiger partial charge in [-0.3, -0.25) is 4.79 Å². The minimum absolute atomic E-state index is 0.0872. The molecule has 2 rings (SSSR count). The number of aryl methyl sites for hydroxylation is 1. The van der Waals surface area contributed by atoms with E-state index in [4.69, 9.17) is 5.11 Å². The zero-order valence-electron chi connectivity index (χ0n) is 8.94. The van der Waals surface area contributed by atoms with Crippen molar-refractivity contribution in [2.75, 3.05) is 0 Å². The van der Waals surface area contributed by atoms with Crippen molar-refractivity contribution in [3.8, 4) is 0 Å². The highest BCUT2D eigenvalue weighted by Crippen LogP contribution is 2.41. The molecule has 1 aromatic rings. The second-order valence-corrected chi connectivity index (χ2v) is 4.31. The lowest BCUT2D eigenvalue weighted by molar-refractivity contribution is -0.138. The first kappa shape index (κ1) is 10.2. The van der Waals surface area contributed by atoms with Crippen LogP contribution in [0.3, 0.4) is 0 Å². The van der Waals surface area contributed by atoms with Crippen LogP contribution in [-0.4, -0.2) is 11.1 Å². The molecule has 2 nitrogen and oxygen atoms in total. The van der Waals surface area contributed by atoms with Gasteiger partial charge in [-0.1, -0.05) is 31.2 Å². The third-order valence-corrected chi connectivity index (χ3v) is 3.17. The van der Waals surface area contributed by atoms with Gasteiger partial charge in [-0.05, 0) is 36.3 Å². The second kappa shape index (κ2) is 4.05. The number of carbonyl (C=O) groups is 1. The quantitative estimate of drug-likeness (QED) is 0.818. The Morgan fingerprint density at radius 2 is 1.93 bits per heavy atom. The summed E-state index contributed by atoms with van der Waals surface area (Å²) >= 11 is 0. The van der Waals surface area contributed by atoms with Crippen molar-refractivity contribution in [1.29, 1.82) is 0 Å². The van der Waals surface area contributed by atoms with E-state index in [2.05, 4.69) is 31.2 Å². The Hall–Kier alpha value is -1.31. The normalized spacial score (nSPS) is 23.8. The standard InChI is InChI=1S/C13H16O2/c1-2-9-3-5-10(6-4-9)7-11-8-12(11)13(14)15/h3-6,11-12H,2,7-8H2,1H3,(H,14,15). The first-order valence-electron chi connectivity index (χ1n) is 5.51. The lowest BCUT2D eigenvalue weighted by atomic mass is 10.0. The zero-order valence-corrected chi connectivity index (χ0v) is 8.94. The summed E-state index contributed by atoms with van der Waals surface area (Å²) in [5, 5.41) is 8.78. The van der Waals surface area contributed by atoms with Crippen LogP contribution in [0.4, 0.5) is 0 Å². The molecule has 0 aromatic heterocycles. The fourth-order valence-corrected chi connectivity index (χ4v) is 1.99. The van der Waals surface area contributed by atoms with Gasteiger partial charge in [-0.15, -0.1) is 0 Å². The van der Waals surface area contributed by atoms with E-state index in [9.17, 15) is 4.79 Å². The predicted octanol–water partition coefficient (Wildman–Crippen LogP) is 2.51. The molecule has 80 valence electrons. The van der Waals surface area contributed by atoms with E-state index < -0.39 is 5.97 Å². The molecular weight excluding hydrogens is 188 g/mol. The molecule has 1 aliphatic rings. The third kappa shape index (κ3) is 2.38. The van der Waals surface area contributed by atoms with Crippen LogP contribution in [0.1, 0.15) is 24.5 Å². The van der Waals surface area contributed by atoms with Crippen molar-refractivity contribution in [1.82, 2.24) is 0 Å². The van der Waals surface area contributed by atoms with Gasteiger partial charge in [0.05, 0.1) is 5.92 Å². The Labute approximate surface area is 89.9 Å². The highest BCUT2D eigenvalue weighted by molar-refractivity contribution is 5.73. The zero-order chi connectivity index (χ0) is 10.8. The maximum atomic E-state index is 10.7. The second-order valence-electron chi connectivity index (χ2n) is 4.31. The Balaban J connectivity index is 1.92. The van der Waals surface area contributed by atoms with Gasteiger partial charge in [0.25, 0.3) is 0 Å². The van der Waals surface area contributed by atoms with Gasteiger partial charge in [0.1, 0.15) is 0 Å². The highest BCUT2D eigenvalue weighted by atomic mass is 16.4. The van der Waals surface area contributed by atoms with Crippen molar-refractivity contribution < 1.29 is 9.90 Å². The summed E-state index contributed by atoms with van der Waals surface area (Å²) in [5.74, 6) is -0.351. The molecule has 1 aliphatic carbocycles. The number of benzene rings is 1. The SMILES string of the molecule is CCc1ccc(CC2CC2C(=O)O)cc1. The summed E-state index contributed by atoms with van der Waals surface area (Å²) in [6.45, 7) is 2.14. The van der Waals surface area contributed by atoms with Crippen molar-refractivity contribution >= 4 is 5.97 Å². The molecule has 2 unspecified atom stereocenters. The van der Waals surface area contributed by atoms with Crippen molar-refractivity contribution in [3.05, 3.63) is 35.4 Å². The Bertz CT molecular complexity index is 353. The topological polar surface area (TPSA) is 37.3 Å². The van der Waals surface area contributed by atoms with Crippen LogP contribution in [0.2, 0.25) is 0 Å². The fraction of sp³-hybridized carbons (Fsp3) is 0.462. The Kier molecular flexibility index (Phi) is 2.76. The average molecular weight is 204 g/mol. The van der Waals surface area contributed by atoms with Crippen LogP contribution in [0.15, 0.2) is 24.3 Å². The van der Waals surface area contributed by atoms with Crippen molar-refractivity contribution in [2.45, 2.75) is 26.2 Å². The molecule has 1 fully saturated rings. The number of hydrogen-bond acceptors (Lipinski definition) is 1. The van der Waals surface area contributed by atoms with Gasteiger partial charge in [0.15, 0.2) is 0 Å². The largest absolute Gasteiger partial charge is 0.481 e. The monoisotopic (exact) mass is 204 g/mol. The van der Waals surface area contributed by atoms with E-state index in [0.29, 0.717) is 5.92 Å². The lowest BCUT2D eigenvalue weighted by Gasteiger charge is -2.01. The molecule has 0 saturated heterocycles. The molecule has 0 amide bonds. The summed E-state index contributed by atoms with van der Waals surface area (Å²) in [5.41, 5.74) is 2.60. The summed E-state index contributed by atoms with van der Waals surface area (Å²) in [7, 11) is 0.